The van der Waals surface area contributed by atoms with Gasteiger partial charge >= 0.3 is 0 Å². The number of nitrogens with zero attached hydrogens (tertiary/aromatic N) is 2. The molecule has 3 nitrogen and oxygen atoms in total. The summed E-state index contributed by atoms with van der Waals surface area (Å²) in [4.78, 5) is 4.78. The third-order valence-corrected chi connectivity index (χ3v) is 3.96. The maximum atomic E-state index is 6.50. The average molecular weight is 247 g/mol. The van der Waals surface area contributed by atoms with Crippen molar-refractivity contribution in [3.8, 4) is 0 Å². The van der Waals surface area contributed by atoms with E-state index in [4.69, 9.17) is 5.73 Å². The van der Waals surface area contributed by atoms with Crippen LogP contribution in [0.5, 0.6) is 0 Å². The number of hydrogen-bond donors (Lipinski definition) is 1. The number of likely N-dealkylation sites (N-methyl/N-ethyl adjacent to an activating group) is 1. The summed E-state index contributed by atoms with van der Waals surface area (Å²) < 4.78 is 0. The quantitative estimate of drug-likeness (QED) is 0.821. The van der Waals surface area contributed by atoms with Gasteiger partial charge in [-0.15, -0.1) is 0 Å². The second-order valence-electron chi connectivity index (χ2n) is 5.34. The number of rotatable bonds is 1. The van der Waals surface area contributed by atoms with Crippen LogP contribution in [-0.4, -0.2) is 43.7 Å². The monoisotopic (exact) mass is 247 g/mol. The zero-order valence-electron chi connectivity index (χ0n) is 11.8. The Hall–Kier alpha value is -1.06. The first-order chi connectivity index (χ1) is 8.67. The molecule has 0 radical (unpaired) electrons. The van der Waals surface area contributed by atoms with E-state index in [2.05, 4.69) is 47.2 Å². The molecule has 2 unspecified atom stereocenters. The number of nitrogens with two attached hydrogens (primary N) is 1. The second kappa shape index (κ2) is 5.29. The summed E-state index contributed by atoms with van der Waals surface area (Å²) in [5.74, 6) is 0.623. The van der Waals surface area contributed by atoms with Gasteiger partial charge in [0.15, 0.2) is 0 Å². The molecule has 1 aromatic carbocycles. The van der Waals surface area contributed by atoms with E-state index in [0.29, 0.717) is 5.92 Å². The highest BCUT2D eigenvalue weighted by Crippen LogP contribution is 2.34. The molecule has 0 aliphatic carbocycles. The lowest BCUT2D eigenvalue weighted by atomic mass is 9.92. The van der Waals surface area contributed by atoms with Gasteiger partial charge in [0.2, 0.25) is 0 Å². The molecule has 2 atom stereocenters. The Kier molecular flexibility index (Phi) is 3.93. The molecule has 3 rings (SSSR count). The first kappa shape index (κ1) is 13.4. The molecule has 3 heteroatoms. The molecule has 2 aliphatic heterocycles. The van der Waals surface area contributed by atoms with Crippen molar-refractivity contribution in [2.75, 3.05) is 38.1 Å². The van der Waals surface area contributed by atoms with E-state index in [0.717, 1.165) is 26.2 Å². The molecule has 100 valence electrons. The van der Waals surface area contributed by atoms with E-state index in [1.165, 1.54) is 5.69 Å². The molecular formula is C15H25N3. The predicted molar refractivity (Wildman–Crippen MR) is 77.9 cm³/mol. The van der Waals surface area contributed by atoms with Crippen LogP contribution in [-0.2, 0) is 0 Å². The second-order valence-corrected chi connectivity index (χ2v) is 5.34. The lowest BCUT2D eigenvalue weighted by molar-refractivity contribution is 0.373. The highest BCUT2D eigenvalue weighted by Gasteiger charge is 2.48. The number of likely N-dealkylation sites (tertiary alicyclic amines) is 1. The van der Waals surface area contributed by atoms with Gasteiger partial charge in [-0.05, 0) is 19.2 Å². The minimum atomic E-state index is 0.00455. The summed E-state index contributed by atoms with van der Waals surface area (Å²) >= 11 is 0. The van der Waals surface area contributed by atoms with Crippen LogP contribution in [0.3, 0.4) is 0 Å². The van der Waals surface area contributed by atoms with Crippen LogP contribution in [0.4, 0.5) is 5.69 Å². The Morgan fingerprint density at radius 1 is 1.11 bits per heavy atom. The molecule has 2 heterocycles. The highest BCUT2D eigenvalue weighted by atomic mass is 15.3. The van der Waals surface area contributed by atoms with E-state index in [1.54, 1.807) is 0 Å². The smallest absolute Gasteiger partial charge is 0.0518 e. The number of hydrogen-bond acceptors (Lipinski definition) is 3. The van der Waals surface area contributed by atoms with Crippen molar-refractivity contribution in [3.05, 3.63) is 30.3 Å². The normalized spacial score (nSPS) is 30.9. The maximum Gasteiger partial charge on any atom is 0.0518 e. The Morgan fingerprint density at radius 2 is 1.78 bits per heavy atom. The molecule has 0 bridgehead atoms. The van der Waals surface area contributed by atoms with Gasteiger partial charge in [-0.1, -0.05) is 32.0 Å². The van der Waals surface area contributed by atoms with E-state index in [1.807, 2.05) is 13.8 Å². The number of fused-ring (bicyclic) bond motifs is 1. The van der Waals surface area contributed by atoms with Gasteiger partial charge in [0.25, 0.3) is 0 Å². The first-order valence-electron chi connectivity index (χ1n) is 6.95. The minimum Gasteiger partial charge on any atom is -0.369 e. The summed E-state index contributed by atoms with van der Waals surface area (Å²) in [7, 11) is 2.17. The Morgan fingerprint density at radius 3 is 2.39 bits per heavy atom. The van der Waals surface area contributed by atoms with Crippen molar-refractivity contribution in [2.45, 2.75) is 19.4 Å². The Bertz CT molecular complexity index is 379. The largest absolute Gasteiger partial charge is 0.369 e. The van der Waals surface area contributed by atoms with Crippen LogP contribution < -0.4 is 10.6 Å². The molecule has 1 aromatic rings. The predicted octanol–water partition coefficient (Wildman–Crippen LogP) is 1.79. The van der Waals surface area contributed by atoms with Crippen molar-refractivity contribution >= 4 is 5.69 Å². The van der Waals surface area contributed by atoms with E-state index < -0.39 is 0 Å². The van der Waals surface area contributed by atoms with Crippen LogP contribution >= 0.6 is 0 Å². The molecule has 0 saturated carbocycles. The summed E-state index contributed by atoms with van der Waals surface area (Å²) in [6.45, 7) is 8.26. The van der Waals surface area contributed by atoms with E-state index in [9.17, 15) is 0 Å². The molecule has 2 fully saturated rings. The van der Waals surface area contributed by atoms with Crippen LogP contribution in [0.1, 0.15) is 13.8 Å². The fraction of sp³-hybridized carbons (Fsp3) is 0.600. The van der Waals surface area contributed by atoms with Crippen molar-refractivity contribution in [3.63, 3.8) is 0 Å². The fourth-order valence-corrected chi connectivity index (χ4v) is 3.19. The summed E-state index contributed by atoms with van der Waals surface area (Å²) in [6.07, 6.45) is 0. The third-order valence-electron chi connectivity index (χ3n) is 3.96. The summed E-state index contributed by atoms with van der Waals surface area (Å²) in [5.41, 5.74) is 7.81. The topological polar surface area (TPSA) is 32.5 Å². The number of anilines is 1. The summed E-state index contributed by atoms with van der Waals surface area (Å²) in [5, 5.41) is 0. The lowest BCUT2D eigenvalue weighted by Gasteiger charge is -2.25. The molecule has 0 spiro atoms. The Labute approximate surface area is 111 Å². The van der Waals surface area contributed by atoms with Crippen LogP contribution in [0.15, 0.2) is 30.3 Å². The van der Waals surface area contributed by atoms with Gasteiger partial charge in [0, 0.05) is 37.8 Å². The molecule has 2 N–H and O–H groups in total. The number of para-hydroxylation sites is 1. The average Bonchev–Trinajstić information content (AvgIpc) is 2.83. The van der Waals surface area contributed by atoms with Gasteiger partial charge in [-0.25, -0.2) is 0 Å². The lowest BCUT2D eigenvalue weighted by Crippen LogP contribution is -2.48. The molecule has 0 amide bonds. The SMILES string of the molecule is CC.CN1CC2CN(c3ccccc3)CC2(N)C1. The van der Waals surface area contributed by atoms with E-state index >= 15 is 0 Å². The van der Waals surface area contributed by atoms with Gasteiger partial charge in [0.1, 0.15) is 0 Å². The van der Waals surface area contributed by atoms with Crippen molar-refractivity contribution < 1.29 is 0 Å². The van der Waals surface area contributed by atoms with Crippen molar-refractivity contribution in [1.82, 2.24) is 4.90 Å². The van der Waals surface area contributed by atoms with Crippen LogP contribution in [0.25, 0.3) is 0 Å². The van der Waals surface area contributed by atoms with Crippen LogP contribution in [0, 0.1) is 5.92 Å². The van der Waals surface area contributed by atoms with Gasteiger partial charge in [-0.3, -0.25) is 0 Å². The molecular weight excluding hydrogens is 222 g/mol. The molecule has 0 aromatic heterocycles. The minimum absolute atomic E-state index is 0.00455. The summed E-state index contributed by atoms with van der Waals surface area (Å²) in [6, 6.07) is 10.6. The first-order valence-corrected chi connectivity index (χ1v) is 6.95. The van der Waals surface area contributed by atoms with Gasteiger partial charge in [0.05, 0.1) is 5.54 Å². The zero-order valence-corrected chi connectivity index (χ0v) is 11.8. The van der Waals surface area contributed by atoms with Crippen LogP contribution in [0.2, 0.25) is 0 Å². The van der Waals surface area contributed by atoms with Crippen molar-refractivity contribution in [2.24, 2.45) is 11.7 Å². The van der Waals surface area contributed by atoms with Gasteiger partial charge < -0.3 is 15.5 Å². The van der Waals surface area contributed by atoms with Gasteiger partial charge in [-0.2, -0.15) is 0 Å². The van der Waals surface area contributed by atoms with Crippen molar-refractivity contribution in [1.29, 1.82) is 0 Å². The Balaban J connectivity index is 0.000000574. The fourth-order valence-electron chi connectivity index (χ4n) is 3.19. The highest BCUT2D eigenvalue weighted by molar-refractivity contribution is 5.48. The molecule has 2 aliphatic rings. The third kappa shape index (κ3) is 2.38. The van der Waals surface area contributed by atoms with E-state index in [-0.39, 0.29) is 5.54 Å². The standard InChI is InChI=1S/C13H19N3.C2H6/c1-15-7-11-8-16(10-13(11,14)9-15)12-5-3-2-4-6-12;1-2/h2-6,11H,7-10,14H2,1H3;1-2H3. The molecule has 2 saturated heterocycles. The molecule has 18 heavy (non-hydrogen) atoms. The maximum absolute atomic E-state index is 6.50. The zero-order chi connectivity index (χ0) is 13.2. The number of benzene rings is 1.